The number of rotatable bonds is 18. The summed E-state index contributed by atoms with van der Waals surface area (Å²) in [6.07, 6.45) is 11.9. The Morgan fingerprint density at radius 3 is 1.98 bits per heavy atom. The van der Waals surface area contributed by atoms with Gasteiger partial charge >= 0.3 is 23.9 Å². The summed E-state index contributed by atoms with van der Waals surface area (Å²) in [6.45, 7) is 6.53. The molecule has 12 nitrogen and oxygen atoms in total. The number of fused-ring (bicyclic) bond motifs is 1. The Hall–Kier alpha value is -5.56. The Balaban J connectivity index is 0.985. The van der Waals surface area contributed by atoms with Gasteiger partial charge in [0.1, 0.15) is 23.0 Å². The molecule has 2 fully saturated rings. The van der Waals surface area contributed by atoms with Crippen molar-refractivity contribution in [3.63, 3.8) is 0 Å². The van der Waals surface area contributed by atoms with Gasteiger partial charge in [-0.25, -0.2) is 14.8 Å². The average molecular weight is 824 g/mol. The molecule has 0 unspecified atom stereocenters. The lowest BCUT2D eigenvalue weighted by molar-refractivity contribution is -0.145. The number of aromatic nitrogens is 1. The van der Waals surface area contributed by atoms with E-state index in [-0.39, 0.29) is 35.7 Å². The van der Waals surface area contributed by atoms with E-state index in [1.807, 2.05) is 24.3 Å². The fraction of sp³-hybridized carbons (Fsp3) is 0.435. The maximum atomic E-state index is 13.4. The van der Waals surface area contributed by atoms with Crippen LogP contribution in [0.1, 0.15) is 89.5 Å². The van der Waals surface area contributed by atoms with Gasteiger partial charge in [-0.05, 0) is 138 Å². The van der Waals surface area contributed by atoms with Gasteiger partial charge in [-0.3, -0.25) is 14.4 Å². The van der Waals surface area contributed by atoms with Gasteiger partial charge in [0.15, 0.2) is 0 Å². The molecule has 59 heavy (non-hydrogen) atoms. The Bertz CT molecular complexity index is 2050. The van der Waals surface area contributed by atoms with Crippen LogP contribution in [0.15, 0.2) is 84.5 Å². The third kappa shape index (κ3) is 12.7. The number of ether oxygens (including phenoxy) is 5. The van der Waals surface area contributed by atoms with Crippen LogP contribution < -0.4 is 24.0 Å². The SMILES string of the molecule is C=CC(=O)OCCCCCCOc1ccc(OC(=O)C2CCC(C(=O)Oc3ccc(OC(=O)C4CCC(C)CC4)c(/C=N/N(C)c4nc5ccccc5s4)c3)CC2)cc1. The Kier molecular flexibility index (Phi) is 15.6. The summed E-state index contributed by atoms with van der Waals surface area (Å²) in [7, 11) is 1.80. The molecule has 0 radical (unpaired) electrons. The van der Waals surface area contributed by atoms with Gasteiger partial charge in [0.25, 0.3) is 0 Å². The van der Waals surface area contributed by atoms with E-state index in [0.717, 1.165) is 67.7 Å². The molecule has 0 saturated heterocycles. The van der Waals surface area contributed by atoms with E-state index in [4.69, 9.17) is 23.7 Å². The number of hydrogen-bond acceptors (Lipinski definition) is 13. The van der Waals surface area contributed by atoms with Crippen LogP contribution in [0.3, 0.4) is 0 Å². The van der Waals surface area contributed by atoms with Crippen LogP contribution in [0.4, 0.5) is 5.13 Å². The van der Waals surface area contributed by atoms with Crippen LogP contribution >= 0.6 is 11.3 Å². The van der Waals surface area contributed by atoms with Crippen molar-refractivity contribution in [1.29, 1.82) is 0 Å². The van der Waals surface area contributed by atoms with E-state index < -0.39 is 5.97 Å². The van der Waals surface area contributed by atoms with Crippen LogP contribution in [0.25, 0.3) is 10.2 Å². The van der Waals surface area contributed by atoms with E-state index in [2.05, 4.69) is 23.6 Å². The molecule has 1 aromatic heterocycles. The zero-order chi connectivity index (χ0) is 41.6. The fourth-order valence-corrected chi connectivity index (χ4v) is 8.10. The minimum atomic E-state index is -0.402. The zero-order valence-corrected chi connectivity index (χ0v) is 34.7. The normalized spacial score (nSPS) is 19.2. The van der Waals surface area contributed by atoms with E-state index in [0.29, 0.717) is 78.5 Å². The van der Waals surface area contributed by atoms with E-state index in [1.54, 1.807) is 60.7 Å². The van der Waals surface area contributed by atoms with Crippen LogP contribution in [0.2, 0.25) is 0 Å². The summed E-state index contributed by atoms with van der Waals surface area (Å²) in [5.74, 6) is 0.141. The number of hydrogen-bond donors (Lipinski definition) is 0. The summed E-state index contributed by atoms with van der Waals surface area (Å²) >= 11 is 1.51. The summed E-state index contributed by atoms with van der Waals surface area (Å²) in [5.41, 5.74) is 1.37. The monoisotopic (exact) mass is 823 g/mol. The molecule has 2 aliphatic rings. The number of anilines is 1. The maximum Gasteiger partial charge on any atom is 0.330 e. The summed E-state index contributed by atoms with van der Waals surface area (Å²) < 4.78 is 29.3. The fourth-order valence-electron chi connectivity index (χ4n) is 7.22. The van der Waals surface area contributed by atoms with Gasteiger partial charge in [-0.1, -0.05) is 37.0 Å². The number of unbranched alkanes of at least 4 members (excludes halogenated alkanes) is 3. The molecule has 2 saturated carbocycles. The lowest BCUT2D eigenvalue weighted by atomic mass is 9.82. The third-order valence-electron chi connectivity index (χ3n) is 10.8. The van der Waals surface area contributed by atoms with Gasteiger partial charge in [-0.2, -0.15) is 5.10 Å². The zero-order valence-electron chi connectivity index (χ0n) is 33.8. The van der Waals surface area contributed by atoms with Gasteiger partial charge in [0.05, 0.1) is 47.4 Å². The second-order valence-electron chi connectivity index (χ2n) is 15.3. The first-order valence-corrected chi connectivity index (χ1v) is 21.4. The van der Waals surface area contributed by atoms with Gasteiger partial charge in [0.2, 0.25) is 5.13 Å². The molecule has 312 valence electrons. The number of carbonyl (C=O) groups is 4. The molecule has 6 rings (SSSR count). The quantitative estimate of drug-likeness (QED) is 0.0236. The van der Waals surface area contributed by atoms with E-state index >= 15 is 0 Å². The van der Waals surface area contributed by atoms with Gasteiger partial charge in [0, 0.05) is 18.7 Å². The van der Waals surface area contributed by atoms with E-state index in [9.17, 15) is 19.2 Å². The first-order valence-electron chi connectivity index (χ1n) is 20.6. The molecule has 4 aromatic rings. The number of benzene rings is 3. The lowest BCUT2D eigenvalue weighted by Crippen LogP contribution is -2.30. The van der Waals surface area contributed by atoms with Crippen molar-refractivity contribution >= 4 is 56.8 Å². The summed E-state index contributed by atoms with van der Waals surface area (Å²) in [4.78, 5) is 55.4. The Labute approximate surface area is 349 Å². The number of para-hydroxylation sites is 1. The van der Waals surface area contributed by atoms with Gasteiger partial charge in [-0.15, -0.1) is 0 Å². The molecule has 0 bridgehead atoms. The van der Waals surface area contributed by atoms with Crippen molar-refractivity contribution in [1.82, 2.24) is 4.98 Å². The smallest absolute Gasteiger partial charge is 0.330 e. The standard InChI is InChI=1S/C46H53N3O9S/c1-4-42(50)55-28-10-6-5-9-27-54-36-21-23-37(24-22-36)56-43(51)33-17-19-34(20-18-33)44(52)57-38-25-26-40(58-45(53)32-15-13-31(2)14-16-32)35(29-38)30-47-49(3)46-48-39-11-7-8-12-41(39)59-46/h4,7-8,11-12,21-26,29-34H,1,5-6,9-10,13-20,27-28H2,2-3H3/b47-30+. The predicted octanol–water partition coefficient (Wildman–Crippen LogP) is 9.48. The second-order valence-corrected chi connectivity index (χ2v) is 16.3. The van der Waals surface area contributed by atoms with E-state index in [1.165, 1.54) is 11.3 Å². The van der Waals surface area contributed by atoms with Crippen molar-refractivity contribution in [3.8, 4) is 23.0 Å². The number of esters is 4. The molecule has 0 amide bonds. The van der Waals surface area contributed by atoms with Crippen LogP contribution in [0.5, 0.6) is 23.0 Å². The minimum absolute atomic E-state index is 0.159. The van der Waals surface area contributed by atoms with Gasteiger partial charge < -0.3 is 23.7 Å². The maximum absolute atomic E-state index is 13.4. The summed E-state index contributed by atoms with van der Waals surface area (Å²) in [5, 5.41) is 6.97. The van der Waals surface area contributed by atoms with Crippen molar-refractivity contribution < 1.29 is 42.9 Å². The highest BCUT2D eigenvalue weighted by atomic mass is 32.1. The molecular weight excluding hydrogens is 771 g/mol. The van der Waals surface area contributed by atoms with Crippen LogP contribution in [-0.2, 0) is 23.9 Å². The number of nitrogens with zero attached hydrogens (tertiary/aromatic N) is 3. The minimum Gasteiger partial charge on any atom is -0.494 e. The van der Waals surface area contributed by atoms with Crippen molar-refractivity contribution in [3.05, 3.63) is 84.9 Å². The number of thiazole rings is 1. The van der Waals surface area contributed by atoms with Crippen molar-refractivity contribution in [2.45, 2.75) is 84.0 Å². The average Bonchev–Trinajstić information content (AvgIpc) is 3.70. The highest BCUT2D eigenvalue weighted by molar-refractivity contribution is 7.22. The Morgan fingerprint density at radius 2 is 1.32 bits per heavy atom. The topological polar surface area (TPSA) is 143 Å². The molecule has 3 aromatic carbocycles. The first kappa shape index (κ1) is 43.0. The van der Waals surface area contributed by atoms with Crippen molar-refractivity contribution in [2.24, 2.45) is 28.8 Å². The second kappa shape index (κ2) is 21.4. The van der Waals surface area contributed by atoms with Crippen LogP contribution in [0, 0.1) is 23.7 Å². The highest BCUT2D eigenvalue weighted by Crippen LogP contribution is 2.34. The molecule has 0 N–H and O–H groups in total. The molecule has 0 spiro atoms. The molecule has 13 heteroatoms. The molecule has 1 heterocycles. The number of carbonyl (C=O) groups excluding carboxylic acids is 4. The lowest BCUT2D eigenvalue weighted by Gasteiger charge is -2.26. The Morgan fingerprint density at radius 1 is 0.746 bits per heavy atom. The number of hydrazone groups is 1. The summed E-state index contributed by atoms with van der Waals surface area (Å²) in [6, 6.07) is 19.8. The third-order valence-corrected chi connectivity index (χ3v) is 11.9. The molecule has 2 aliphatic carbocycles. The predicted molar refractivity (Wildman–Crippen MR) is 227 cm³/mol. The molecule has 0 aliphatic heterocycles. The van der Waals surface area contributed by atoms with Crippen LogP contribution in [-0.4, -0.2) is 55.3 Å². The largest absolute Gasteiger partial charge is 0.494 e. The highest BCUT2D eigenvalue weighted by Gasteiger charge is 2.32. The van der Waals surface area contributed by atoms with Crippen molar-refractivity contribution in [2.75, 3.05) is 25.3 Å². The molecule has 0 atom stereocenters. The molecular formula is C46H53N3O9S. The first-order chi connectivity index (χ1) is 28.6.